The third-order valence-electron chi connectivity index (χ3n) is 26.3. The second kappa shape index (κ2) is 33.5. The van der Waals surface area contributed by atoms with Crippen molar-refractivity contribution in [3.05, 3.63) is 418 Å². The molecule has 3 aliphatic rings. The Hall–Kier alpha value is -13.0. The van der Waals surface area contributed by atoms with Crippen molar-refractivity contribution in [2.75, 3.05) is 0 Å². The lowest BCUT2D eigenvalue weighted by Crippen LogP contribution is -3.00. The van der Waals surface area contributed by atoms with E-state index in [1.54, 1.807) is 12.1 Å². The molecule has 0 radical (unpaired) electrons. The molecule has 21 aromatic rings. The number of rotatable bonds is 7. The van der Waals surface area contributed by atoms with Gasteiger partial charge in [0, 0.05) is 67.9 Å². The highest BCUT2D eigenvalue weighted by Crippen LogP contribution is 2.56. The summed E-state index contributed by atoms with van der Waals surface area (Å²) < 4.78 is 177. The highest BCUT2D eigenvalue weighted by Gasteiger charge is 2.42. The van der Waals surface area contributed by atoms with Crippen molar-refractivity contribution in [2.24, 2.45) is 0 Å². The zero-order valence-electron chi connectivity index (χ0n) is 68.1. The van der Waals surface area contributed by atoms with Gasteiger partial charge in [0.15, 0.2) is 69.8 Å². The molecule has 0 bridgehead atoms. The van der Waals surface area contributed by atoms with Crippen LogP contribution in [0.5, 0.6) is 0 Å². The summed E-state index contributed by atoms with van der Waals surface area (Å²) in [6.45, 7) is 3.61. The van der Waals surface area contributed by atoms with Crippen LogP contribution in [-0.2, 0) is 49.9 Å². The highest BCUT2D eigenvalue weighted by molar-refractivity contribution is 9.08. The molecule has 3 aliphatic heterocycles. The van der Waals surface area contributed by atoms with Gasteiger partial charge in [-0.2, -0.15) is 0 Å². The van der Waals surface area contributed by atoms with Gasteiger partial charge >= 0.3 is 0 Å². The summed E-state index contributed by atoms with van der Waals surface area (Å²) >= 11 is 7.16. The Balaban J connectivity index is 0.000000135. The molecule has 1 N–H and O–H groups in total. The minimum Gasteiger partial charge on any atom is -1.00 e. The predicted molar refractivity (Wildman–Crippen MR) is 507 cm³/mol. The molecule has 0 aliphatic carbocycles. The lowest BCUT2D eigenvalue weighted by Gasteiger charge is -2.39. The largest absolute Gasteiger partial charge is 1.00 e. The molecule has 3 heterocycles. The van der Waals surface area contributed by atoms with E-state index in [9.17, 15) is 35.1 Å². The number of alkyl halides is 2. The fourth-order valence-corrected chi connectivity index (χ4v) is 22.1. The van der Waals surface area contributed by atoms with Crippen LogP contribution in [0.15, 0.2) is 303 Å². The molecule has 0 fully saturated rings. The molecule has 0 unspecified atom stereocenters. The second-order valence-corrected chi connectivity index (χ2v) is 34.6. The summed E-state index contributed by atoms with van der Waals surface area (Å²) in [6.07, 6.45) is 0. The van der Waals surface area contributed by atoms with Crippen molar-refractivity contribution in [1.82, 2.24) is 5.32 Å². The smallest absolute Gasteiger partial charge is 0.194 e. The quantitative estimate of drug-likeness (QED) is 0.0419. The molecule has 0 amide bonds. The number of nitrogens with one attached hydrogen (secondary N) is 1. The van der Waals surface area contributed by atoms with Crippen molar-refractivity contribution in [2.45, 2.75) is 57.4 Å². The van der Waals surface area contributed by atoms with Crippen molar-refractivity contribution in [3.63, 3.8) is 0 Å². The van der Waals surface area contributed by atoms with Crippen molar-refractivity contribution in [3.8, 4) is 77.9 Å². The third-order valence-corrected chi connectivity index (χ3v) is 27.4. The minimum absolute atomic E-state index is 0. The third kappa shape index (κ3) is 14.0. The van der Waals surface area contributed by atoms with E-state index in [0.717, 1.165) is 160 Å². The van der Waals surface area contributed by atoms with Crippen LogP contribution in [-0.4, -0.2) is 4.48 Å². The van der Waals surface area contributed by atoms with E-state index in [1.807, 2.05) is 109 Å². The van der Waals surface area contributed by atoms with E-state index < -0.39 is 69.8 Å². The fourth-order valence-electron chi connectivity index (χ4n) is 20.9. The standard InChI is InChI=1S/C56H32F6N.C34H18Br2F6.C22H17N.CH4.BrH/c57-45-21-35(22-46(58)55(45)61)41-19-31-7-1-3-11-37(31)53-43(41)27-63(28-44-42(36-23-47(59)56(62)48(60)24-36)20-32-8-2-4-12-38(32)54(44)53)25-33-17-15-29-9-5-13-39-40-14-6-10-30-16-18-34(26-63)52(50(30)40)51(33)49(29)39;35-15-25-23(19-11-27(37)33(41)28(38)12-19)9-17-5-1-3-7-21(17)31(25)32-22-8-4-2-6-18(22)10-24(26(32)16-36)20-13-29(39)34(42)30(40)14-20;1-3-7-19-15(5-1)9-11-17-13-23-14-18-12-10-16-6-2-4-8-20(16)22(18)21(17)19;;/h1-24H,25-28H2;1-14H,15-16H2;1-12,23H,13-14H2;1H4;1H/q+1;;;;/p-1. The average Bonchev–Trinajstić information content (AvgIpc) is 1.34. The summed E-state index contributed by atoms with van der Waals surface area (Å²) in [7, 11) is 0. The Morgan fingerprint density at radius 1 is 0.238 bits per heavy atom. The molecule has 0 atom stereocenters. The molecular weight excluding hydrogens is 1850 g/mol. The topological polar surface area (TPSA) is 12.0 Å². The molecule has 1 spiro atoms. The Morgan fingerprint density at radius 2 is 0.492 bits per heavy atom. The number of quaternary nitrogens is 1. The van der Waals surface area contributed by atoms with Crippen LogP contribution in [0.2, 0.25) is 0 Å². The van der Waals surface area contributed by atoms with Gasteiger partial charge in [0.2, 0.25) is 0 Å². The SMILES string of the molecule is C.Fc1cc(-c2cc3ccccc3c(-c3c(CBr)c(-c4cc(F)c(F)c(F)c4)cc4ccccc34)c2CBr)cc(F)c1F.Fc1cc(-c2cc3ccccc3c3c2C[N+]2(Cc4c(-c5cc(F)c(F)c(F)c5)cc5ccccc5c4-3)Cc3ccc4cccc5c6cccc7ccc(c(c3c45)c76)C2)cc(F)c1F.[Br-].c1ccc2c3c(ccc2c1)CNCc1ccc2ccccc2c1-3. The summed E-state index contributed by atoms with van der Waals surface area (Å²) in [5, 5.41) is 25.3. The van der Waals surface area contributed by atoms with Crippen molar-refractivity contribution < 1.29 is 74.1 Å². The van der Waals surface area contributed by atoms with E-state index in [-0.39, 0.29) is 57.3 Å². The van der Waals surface area contributed by atoms with E-state index >= 15 is 17.6 Å². The van der Waals surface area contributed by atoms with Crippen molar-refractivity contribution >= 4 is 140 Å². The maximum atomic E-state index is 15.4. The van der Waals surface area contributed by atoms with E-state index in [4.69, 9.17) is 0 Å². The first-order chi connectivity index (χ1) is 62.3. The second-order valence-electron chi connectivity index (χ2n) is 33.5. The molecular formula is C113H71Br3F12N2. The number of nitrogens with zero attached hydrogens (tertiary/aromatic N) is 1. The first-order valence-electron chi connectivity index (χ1n) is 41.9. The van der Waals surface area contributed by atoms with Crippen LogP contribution in [0.1, 0.15) is 51.9 Å². The summed E-state index contributed by atoms with van der Waals surface area (Å²) in [6, 6.07) is 94.3. The van der Waals surface area contributed by atoms with E-state index in [2.05, 4.69) is 171 Å². The van der Waals surface area contributed by atoms with Crippen LogP contribution in [0, 0.1) is 69.8 Å². The first kappa shape index (κ1) is 85.1. The summed E-state index contributed by atoms with van der Waals surface area (Å²) in [5.41, 5.74) is 16.6. The van der Waals surface area contributed by atoms with Gasteiger partial charge < -0.3 is 26.8 Å². The minimum atomic E-state index is -1.56. The first-order valence-corrected chi connectivity index (χ1v) is 44.1. The number of fused-ring (bicyclic) bond motifs is 17. The normalized spacial score (nSPS) is 13.1. The molecule has 17 heteroatoms. The van der Waals surface area contributed by atoms with Gasteiger partial charge in [-0.15, -0.1) is 0 Å². The monoisotopic (exact) mass is 1920 g/mol. The number of hydrogen-bond acceptors (Lipinski definition) is 1. The van der Waals surface area contributed by atoms with E-state index in [1.165, 1.54) is 76.1 Å². The maximum absolute atomic E-state index is 15.4. The number of halogens is 15. The van der Waals surface area contributed by atoms with Gasteiger partial charge in [-0.1, -0.05) is 270 Å². The van der Waals surface area contributed by atoms with E-state index in [0.29, 0.717) is 64.0 Å². The molecule has 0 saturated heterocycles. The molecule has 24 rings (SSSR count). The molecule has 130 heavy (non-hydrogen) atoms. The van der Waals surface area contributed by atoms with Gasteiger partial charge in [-0.05, 0) is 259 Å². The van der Waals surface area contributed by atoms with Gasteiger partial charge in [-0.3, -0.25) is 0 Å². The number of hydrogen-bond donors (Lipinski definition) is 1. The van der Waals surface area contributed by atoms with Gasteiger partial charge in [0.25, 0.3) is 0 Å². The fraction of sp³-hybridized carbons (Fsp3) is 0.0796. The average molecular weight is 1920 g/mol. The molecule has 638 valence electrons. The maximum Gasteiger partial charge on any atom is 0.194 e. The Labute approximate surface area is 766 Å². The lowest BCUT2D eigenvalue weighted by atomic mass is 9.82. The van der Waals surface area contributed by atoms with Crippen LogP contribution >= 0.6 is 31.9 Å². The number of benzene rings is 21. The van der Waals surface area contributed by atoms with Crippen LogP contribution in [0.25, 0.3) is 186 Å². The molecule has 0 aromatic heterocycles. The van der Waals surface area contributed by atoms with Crippen LogP contribution in [0.4, 0.5) is 52.7 Å². The molecule has 21 aromatic carbocycles. The predicted octanol–water partition coefficient (Wildman–Crippen LogP) is 29.9. The van der Waals surface area contributed by atoms with Gasteiger partial charge in [0.1, 0.15) is 26.2 Å². The molecule has 2 nitrogen and oxygen atoms in total. The van der Waals surface area contributed by atoms with Gasteiger partial charge in [-0.25, -0.2) is 52.7 Å². The van der Waals surface area contributed by atoms with Crippen LogP contribution < -0.4 is 22.3 Å². The van der Waals surface area contributed by atoms with Crippen molar-refractivity contribution in [1.29, 1.82) is 0 Å². The highest BCUT2D eigenvalue weighted by atomic mass is 79.9. The summed E-state index contributed by atoms with van der Waals surface area (Å²) in [4.78, 5) is 0. The van der Waals surface area contributed by atoms with Gasteiger partial charge in [0.05, 0.1) is 0 Å². The Morgan fingerprint density at radius 3 is 0.815 bits per heavy atom. The summed E-state index contributed by atoms with van der Waals surface area (Å²) in [5.74, 6) is -16.6. The zero-order chi connectivity index (χ0) is 87.4. The molecule has 0 saturated carbocycles. The lowest BCUT2D eigenvalue weighted by molar-refractivity contribution is -0.977. The Bertz CT molecular complexity index is 7770. The van der Waals surface area contributed by atoms with Crippen LogP contribution in [0.3, 0.4) is 0 Å². The Kier molecular flexibility index (Phi) is 21.9. The zero-order valence-corrected chi connectivity index (χ0v) is 72.9.